The van der Waals surface area contributed by atoms with Crippen LogP contribution in [0.1, 0.15) is 24.2 Å². The van der Waals surface area contributed by atoms with Gasteiger partial charge in [-0.1, -0.05) is 35.9 Å². The van der Waals surface area contributed by atoms with Crippen LogP contribution in [0.15, 0.2) is 48.5 Å². The van der Waals surface area contributed by atoms with Crippen molar-refractivity contribution in [3.8, 4) is 0 Å². The second-order valence-corrected chi connectivity index (χ2v) is 6.93. The number of benzene rings is 2. The lowest BCUT2D eigenvalue weighted by atomic mass is 10.1. The average molecular weight is 377 g/mol. The predicted octanol–water partition coefficient (Wildman–Crippen LogP) is 3.12. The van der Waals surface area contributed by atoms with E-state index in [1.54, 1.807) is 12.1 Å². The highest BCUT2D eigenvalue weighted by Gasteiger charge is 2.12. The summed E-state index contributed by atoms with van der Waals surface area (Å²) in [6.07, 6.45) is -0.583. The standard InChI is InChI=1S/C20H25ClN2O3/c1-14(22-12-19(24)16-4-3-5-17(21)11-16)13-23(2)18-8-6-15(7-9-18)10-20(25)26/h3-9,11,14,19,22,24H,10,12-13H2,1-2H3,(H,25,26)/t14-,19+/m1/s1. The van der Waals surface area contributed by atoms with Gasteiger partial charge in [-0.25, -0.2) is 0 Å². The molecule has 0 fully saturated rings. The summed E-state index contributed by atoms with van der Waals surface area (Å²) in [5.74, 6) is -0.831. The van der Waals surface area contributed by atoms with Crippen LogP contribution in [0, 0.1) is 0 Å². The second-order valence-electron chi connectivity index (χ2n) is 6.50. The Labute approximate surface area is 159 Å². The van der Waals surface area contributed by atoms with E-state index in [1.165, 1.54) is 0 Å². The summed E-state index contributed by atoms with van der Waals surface area (Å²) in [6.45, 7) is 3.24. The van der Waals surface area contributed by atoms with E-state index in [4.69, 9.17) is 16.7 Å². The molecule has 0 aliphatic carbocycles. The molecular formula is C20H25ClN2O3. The van der Waals surface area contributed by atoms with Crippen LogP contribution < -0.4 is 10.2 Å². The highest BCUT2D eigenvalue weighted by Crippen LogP contribution is 2.18. The number of aliphatic hydroxyl groups is 1. The Kier molecular flexibility index (Phi) is 7.45. The maximum atomic E-state index is 10.7. The first-order chi connectivity index (χ1) is 12.3. The molecule has 0 radical (unpaired) electrons. The molecule has 0 saturated heterocycles. The number of halogens is 1. The molecule has 5 nitrogen and oxygen atoms in total. The molecule has 6 heteroatoms. The quantitative estimate of drug-likeness (QED) is 0.627. The van der Waals surface area contributed by atoms with Crippen molar-refractivity contribution in [3.05, 3.63) is 64.7 Å². The van der Waals surface area contributed by atoms with Crippen LogP contribution in [-0.2, 0) is 11.2 Å². The number of likely N-dealkylation sites (N-methyl/N-ethyl adjacent to an activating group) is 1. The van der Waals surface area contributed by atoms with E-state index in [2.05, 4.69) is 17.1 Å². The summed E-state index contributed by atoms with van der Waals surface area (Å²) in [5.41, 5.74) is 2.59. The third kappa shape index (κ3) is 6.33. The summed E-state index contributed by atoms with van der Waals surface area (Å²) in [5, 5.41) is 23.0. The lowest BCUT2D eigenvalue weighted by Gasteiger charge is -2.25. The van der Waals surface area contributed by atoms with Crippen LogP contribution in [0.25, 0.3) is 0 Å². The number of nitrogens with zero attached hydrogens (tertiary/aromatic N) is 1. The van der Waals surface area contributed by atoms with Gasteiger partial charge in [-0.05, 0) is 42.3 Å². The molecule has 0 heterocycles. The Morgan fingerprint density at radius 3 is 2.54 bits per heavy atom. The fourth-order valence-electron chi connectivity index (χ4n) is 2.77. The van der Waals surface area contributed by atoms with Gasteiger partial charge in [-0.15, -0.1) is 0 Å². The zero-order chi connectivity index (χ0) is 19.1. The fraction of sp³-hybridized carbons (Fsp3) is 0.350. The van der Waals surface area contributed by atoms with Gasteiger partial charge in [0.1, 0.15) is 0 Å². The van der Waals surface area contributed by atoms with Crippen LogP contribution in [0.3, 0.4) is 0 Å². The van der Waals surface area contributed by atoms with Gasteiger partial charge in [-0.3, -0.25) is 4.79 Å². The molecule has 0 unspecified atom stereocenters. The summed E-state index contributed by atoms with van der Waals surface area (Å²) < 4.78 is 0. The highest BCUT2D eigenvalue weighted by atomic mass is 35.5. The number of anilines is 1. The van der Waals surface area contributed by atoms with Crippen LogP contribution in [-0.4, -0.2) is 42.4 Å². The van der Waals surface area contributed by atoms with Gasteiger partial charge in [0.05, 0.1) is 12.5 Å². The molecule has 0 aliphatic rings. The van der Waals surface area contributed by atoms with Crippen molar-refractivity contribution >= 4 is 23.3 Å². The number of rotatable bonds is 9. The van der Waals surface area contributed by atoms with Crippen molar-refractivity contribution in [2.75, 3.05) is 25.0 Å². The number of carbonyl (C=O) groups is 1. The maximum Gasteiger partial charge on any atom is 0.307 e. The monoisotopic (exact) mass is 376 g/mol. The molecule has 0 bridgehead atoms. The summed E-state index contributed by atoms with van der Waals surface area (Å²) in [6, 6.07) is 14.9. The van der Waals surface area contributed by atoms with Crippen LogP contribution >= 0.6 is 11.6 Å². The molecule has 0 aliphatic heterocycles. The maximum absolute atomic E-state index is 10.7. The van der Waals surface area contributed by atoms with Gasteiger partial charge < -0.3 is 20.4 Å². The molecule has 140 valence electrons. The molecular weight excluding hydrogens is 352 g/mol. The number of aliphatic carboxylic acids is 1. The van der Waals surface area contributed by atoms with E-state index in [0.717, 1.165) is 23.4 Å². The summed E-state index contributed by atoms with van der Waals surface area (Å²) >= 11 is 5.96. The number of hydrogen-bond donors (Lipinski definition) is 3. The van der Waals surface area contributed by atoms with Gasteiger partial charge >= 0.3 is 5.97 Å². The van der Waals surface area contributed by atoms with E-state index in [0.29, 0.717) is 11.6 Å². The van der Waals surface area contributed by atoms with E-state index in [9.17, 15) is 9.90 Å². The van der Waals surface area contributed by atoms with Crippen LogP contribution in [0.4, 0.5) is 5.69 Å². The first-order valence-corrected chi connectivity index (χ1v) is 8.91. The molecule has 26 heavy (non-hydrogen) atoms. The Morgan fingerprint density at radius 2 is 1.92 bits per heavy atom. The highest BCUT2D eigenvalue weighted by molar-refractivity contribution is 6.30. The van der Waals surface area contributed by atoms with Gasteiger partial charge in [0.2, 0.25) is 0 Å². The van der Waals surface area contributed by atoms with Crippen molar-refractivity contribution in [1.82, 2.24) is 5.32 Å². The van der Waals surface area contributed by atoms with E-state index in [-0.39, 0.29) is 12.5 Å². The molecule has 0 spiro atoms. The largest absolute Gasteiger partial charge is 0.481 e. The first kappa shape index (κ1) is 20.2. The third-order valence-electron chi connectivity index (χ3n) is 4.17. The Balaban J connectivity index is 1.82. The summed E-state index contributed by atoms with van der Waals surface area (Å²) in [7, 11) is 1.98. The van der Waals surface area contributed by atoms with Gasteiger partial charge in [0.15, 0.2) is 0 Å². The van der Waals surface area contributed by atoms with Crippen molar-refractivity contribution in [3.63, 3.8) is 0 Å². The van der Waals surface area contributed by atoms with E-state index < -0.39 is 12.1 Å². The van der Waals surface area contributed by atoms with Crippen LogP contribution in [0.5, 0.6) is 0 Å². The predicted molar refractivity (Wildman–Crippen MR) is 105 cm³/mol. The van der Waals surface area contributed by atoms with Crippen molar-refractivity contribution in [2.24, 2.45) is 0 Å². The fourth-order valence-corrected chi connectivity index (χ4v) is 2.97. The lowest BCUT2D eigenvalue weighted by Crippen LogP contribution is -2.39. The number of hydrogen-bond acceptors (Lipinski definition) is 4. The minimum atomic E-state index is -0.831. The topological polar surface area (TPSA) is 72.8 Å². The molecule has 2 rings (SSSR count). The lowest BCUT2D eigenvalue weighted by molar-refractivity contribution is -0.136. The van der Waals surface area contributed by atoms with Crippen molar-refractivity contribution in [2.45, 2.75) is 25.5 Å². The number of aliphatic hydroxyl groups excluding tert-OH is 1. The Hall–Kier alpha value is -2.08. The molecule has 0 aromatic heterocycles. The van der Waals surface area contributed by atoms with Crippen LogP contribution in [0.2, 0.25) is 5.02 Å². The smallest absolute Gasteiger partial charge is 0.307 e. The third-order valence-corrected chi connectivity index (χ3v) is 4.41. The molecule has 3 N–H and O–H groups in total. The SMILES string of the molecule is C[C@H](CN(C)c1ccc(CC(=O)O)cc1)NC[C@H](O)c1cccc(Cl)c1. The zero-order valence-corrected chi connectivity index (χ0v) is 15.8. The zero-order valence-electron chi connectivity index (χ0n) is 15.0. The van der Waals surface area contributed by atoms with Gasteiger partial charge in [0.25, 0.3) is 0 Å². The number of carboxylic acid groups (broad SMARTS) is 1. The molecule has 2 aromatic rings. The van der Waals surface area contributed by atoms with Crippen molar-refractivity contribution in [1.29, 1.82) is 0 Å². The van der Waals surface area contributed by atoms with Gasteiger partial charge in [-0.2, -0.15) is 0 Å². The minimum Gasteiger partial charge on any atom is -0.481 e. The average Bonchev–Trinajstić information content (AvgIpc) is 2.59. The Morgan fingerprint density at radius 1 is 1.23 bits per heavy atom. The van der Waals surface area contributed by atoms with Gasteiger partial charge in [0, 0.05) is 36.9 Å². The van der Waals surface area contributed by atoms with E-state index in [1.807, 2.05) is 43.4 Å². The molecule has 0 saturated carbocycles. The second kappa shape index (κ2) is 9.57. The number of carboxylic acids is 1. The summed E-state index contributed by atoms with van der Waals surface area (Å²) in [4.78, 5) is 12.8. The van der Waals surface area contributed by atoms with Crippen molar-refractivity contribution < 1.29 is 15.0 Å². The Bertz CT molecular complexity index is 721. The molecule has 0 amide bonds. The molecule has 2 aromatic carbocycles. The normalized spacial score (nSPS) is 13.2. The minimum absolute atomic E-state index is 0.0311. The first-order valence-electron chi connectivity index (χ1n) is 8.54. The molecule has 2 atom stereocenters. The number of nitrogens with one attached hydrogen (secondary N) is 1. The van der Waals surface area contributed by atoms with E-state index >= 15 is 0 Å².